The number of carbonyl (C=O) groups is 1. The maximum absolute atomic E-state index is 12.4. The fourth-order valence-electron chi connectivity index (χ4n) is 3.21. The first-order valence-electron chi connectivity index (χ1n) is 10.2. The minimum absolute atomic E-state index is 0.327. The summed E-state index contributed by atoms with van der Waals surface area (Å²) < 4.78 is 10.5. The maximum atomic E-state index is 12.4. The van der Waals surface area contributed by atoms with Gasteiger partial charge >= 0.3 is 6.03 Å². The number of benzene rings is 2. The van der Waals surface area contributed by atoms with Crippen LogP contribution in [0.1, 0.15) is 5.56 Å². The number of urea groups is 1. The van der Waals surface area contributed by atoms with Gasteiger partial charge in [0.05, 0.1) is 25.6 Å². The molecule has 2 amide bonds. The SMILES string of the molecule is COc1ccc(CNC(=O)Nc2cccc(Nc3nccc(-c4ccc[nH]4)n3)c2)cc1OC. The lowest BCUT2D eigenvalue weighted by Gasteiger charge is -2.12. The molecule has 0 aliphatic rings. The van der Waals surface area contributed by atoms with E-state index in [0.29, 0.717) is 29.7 Å². The van der Waals surface area contributed by atoms with Crippen LogP contribution in [-0.2, 0) is 6.54 Å². The minimum atomic E-state index is -0.327. The van der Waals surface area contributed by atoms with E-state index in [9.17, 15) is 4.79 Å². The summed E-state index contributed by atoms with van der Waals surface area (Å²) in [4.78, 5) is 24.3. The number of anilines is 3. The molecule has 0 radical (unpaired) electrons. The Morgan fingerprint density at radius 2 is 1.82 bits per heavy atom. The quantitative estimate of drug-likeness (QED) is 0.317. The summed E-state index contributed by atoms with van der Waals surface area (Å²) in [6, 6.07) is 18.2. The summed E-state index contributed by atoms with van der Waals surface area (Å²) in [7, 11) is 3.15. The third-order valence-corrected chi connectivity index (χ3v) is 4.81. The molecule has 4 N–H and O–H groups in total. The molecule has 0 unspecified atom stereocenters. The van der Waals surface area contributed by atoms with Gasteiger partial charge in [0, 0.05) is 30.3 Å². The van der Waals surface area contributed by atoms with Crippen LogP contribution in [-0.4, -0.2) is 35.2 Å². The molecule has 33 heavy (non-hydrogen) atoms. The first-order valence-corrected chi connectivity index (χ1v) is 10.2. The third kappa shape index (κ3) is 5.59. The fraction of sp³-hybridized carbons (Fsp3) is 0.125. The summed E-state index contributed by atoms with van der Waals surface area (Å²) in [5.74, 6) is 1.70. The van der Waals surface area contributed by atoms with E-state index in [1.54, 1.807) is 38.6 Å². The van der Waals surface area contributed by atoms with Crippen molar-refractivity contribution in [2.75, 3.05) is 24.9 Å². The highest BCUT2D eigenvalue weighted by atomic mass is 16.5. The Morgan fingerprint density at radius 3 is 2.61 bits per heavy atom. The van der Waals surface area contributed by atoms with Crippen molar-refractivity contribution in [2.45, 2.75) is 6.54 Å². The standard InChI is InChI=1S/C24H24N6O3/c1-32-21-9-8-16(13-22(21)33-2)15-27-24(31)29-18-6-3-5-17(14-18)28-23-26-12-10-20(30-23)19-7-4-11-25-19/h3-14,25H,15H2,1-2H3,(H,26,28,30)(H2,27,29,31). The molecule has 2 aromatic carbocycles. The number of nitrogens with one attached hydrogen (secondary N) is 4. The van der Waals surface area contributed by atoms with Gasteiger partial charge < -0.3 is 30.4 Å². The van der Waals surface area contributed by atoms with Crippen molar-refractivity contribution >= 4 is 23.4 Å². The van der Waals surface area contributed by atoms with Gasteiger partial charge in [-0.1, -0.05) is 12.1 Å². The van der Waals surface area contributed by atoms with Crippen LogP contribution in [0.25, 0.3) is 11.4 Å². The van der Waals surface area contributed by atoms with Crippen LogP contribution >= 0.6 is 0 Å². The topological polar surface area (TPSA) is 113 Å². The highest BCUT2D eigenvalue weighted by molar-refractivity contribution is 5.89. The van der Waals surface area contributed by atoms with E-state index in [1.807, 2.05) is 48.7 Å². The van der Waals surface area contributed by atoms with Crippen molar-refractivity contribution in [3.8, 4) is 22.9 Å². The molecule has 4 aromatic rings. The maximum Gasteiger partial charge on any atom is 0.319 e. The first-order chi connectivity index (χ1) is 16.1. The average Bonchev–Trinajstić information content (AvgIpc) is 3.38. The number of aromatic amines is 1. The van der Waals surface area contributed by atoms with Crippen LogP contribution in [0.15, 0.2) is 73.1 Å². The highest BCUT2D eigenvalue weighted by Crippen LogP contribution is 2.27. The van der Waals surface area contributed by atoms with Gasteiger partial charge in [-0.3, -0.25) is 0 Å². The molecular weight excluding hydrogens is 420 g/mol. The smallest absolute Gasteiger partial charge is 0.319 e. The van der Waals surface area contributed by atoms with Crippen molar-refractivity contribution in [1.29, 1.82) is 0 Å². The molecule has 0 bridgehead atoms. The second kappa shape index (κ2) is 10.2. The zero-order chi connectivity index (χ0) is 23.0. The van der Waals surface area contributed by atoms with Gasteiger partial charge in [0.25, 0.3) is 0 Å². The molecule has 2 heterocycles. The van der Waals surface area contributed by atoms with Gasteiger partial charge in [-0.2, -0.15) is 0 Å². The fourth-order valence-corrected chi connectivity index (χ4v) is 3.21. The van der Waals surface area contributed by atoms with E-state index in [-0.39, 0.29) is 6.03 Å². The van der Waals surface area contributed by atoms with Crippen LogP contribution in [0.2, 0.25) is 0 Å². The second-order valence-corrected chi connectivity index (χ2v) is 7.05. The summed E-state index contributed by atoms with van der Waals surface area (Å²) in [6.45, 7) is 0.337. The predicted octanol–water partition coefficient (Wildman–Crippen LogP) is 4.55. The minimum Gasteiger partial charge on any atom is -0.493 e. The molecule has 0 aliphatic heterocycles. The lowest BCUT2D eigenvalue weighted by atomic mass is 10.2. The summed E-state index contributed by atoms with van der Waals surface area (Å²) in [6.07, 6.45) is 3.53. The van der Waals surface area contributed by atoms with Crippen LogP contribution in [0.4, 0.5) is 22.1 Å². The molecule has 0 fully saturated rings. The van der Waals surface area contributed by atoms with E-state index in [1.165, 1.54) is 0 Å². The predicted molar refractivity (Wildman–Crippen MR) is 127 cm³/mol. The lowest BCUT2D eigenvalue weighted by Crippen LogP contribution is -2.28. The number of amides is 2. The van der Waals surface area contributed by atoms with Gasteiger partial charge in [0.15, 0.2) is 11.5 Å². The number of nitrogens with zero attached hydrogens (tertiary/aromatic N) is 2. The van der Waals surface area contributed by atoms with Gasteiger partial charge in [0.2, 0.25) is 5.95 Å². The van der Waals surface area contributed by atoms with Crippen molar-refractivity contribution < 1.29 is 14.3 Å². The van der Waals surface area contributed by atoms with Crippen LogP contribution in [0.5, 0.6) is 11.5 Å². The van der Waals surface area contributed by atoms with E-state index in [4.69, 9.17) is 9.47 Å². The zero-order valence-corrected chi connectivity index (χ0v) is 18.3. The molecule has 0 atom stereocenters. The second-order valence-electron chi connectivity index (χ2n) is 7.05. The largest absolute Gasteiger partial charge is 0.493 e. The van der Waals surface area contributed by atoms with Crippen molar-refractivity contribution in [2.24, 2.45) is 0 Å². The molecule has 0 saturated heterocycles. The van der Waals surface area contributed by atoms with E-state index < -0.39 is 0 Å². The molecule has 9 heteroatoms. The van der Waals surface area contributed by atoms with Crippen molar-refractivity contribution in [1.82, 2.24) is 20.3 Å². The average molecular weight is 444 g/mol. The molecule has 2 aromatic heterocycles. The number of H-pyrrole nitrogens is 1. The van der Waals surface area contributed by atoms with E-state index in [0.717, 1.165) is 22.6 Å². The van der Waals surface area contributed by atoms with Gasteiger partial charge in [-0.15, -0.1) is 0 Å². The number of methoxy groups -OCH3 is 2. The third-order valence-electron chi connectivity index (χ3n) is 4.81. The Morgan fingerprint density at radius 1 is 0.970 bits per heavy atom. The highest BCUT2D eigenvalue weighted by Gasteiger charge is 2.08. The summed E-state index contributed by atoms with van der Waals surface area (Å²) >= 11 is 0. The summed E-state index contributed by atoms with van der Waals surface area (Å²) in [5, 5.41) is 8.83. The Labute approximate surface area is 191 Å². The van der Waals surface area contributed by atoms with Crippen LogP contribution in [0.3, 0.4) is 0 Å². The zero-order valence-electron chi connectivity index (χ0n) is 18.3. The summed E-state index contributed by atoms with van der Waals surface area (Å²) in [5.41, 5.74) is 3.95. The Hall–Kier alpha value is -4.53. The number of hydrogen-bond donors (Lipinski definition) is 4. The normalized spacial score (nSPS) is 10.4. The number of aromatic nitrogens is 3. The molecule has 0 spiro atoms. The van der Waals surface area contributed by atoms with Gasteiger partial charge in [-0.25, -0.2) is 14.8 Å². The number of hydrogen-bond acceptors (Lipinski definition) is 6. The molecular formula is C24H24N6O3. The Bertz CT molecular complexity index is 1230. The lowest BCUT2D eigenvalue weighted by molar-refractivity contribution is 0.251. The van der Waals surface area contributed by atoms with E-state index in [2.05, 4.69) is 30.9 Å². The number of carbonyl (C=O) groups excluding carboxylic acids is 1. The van der Waals surface area contributed by atoms with E-state index >= 15 is 0 Å². The van der Waals surface area contributed by atoms with Gasteiger partial charge in [-0.05, 0) is 54.1 Å². The first kappa shape index (κ1) is 21.7. The van der Waals surface area contributed by atoms with Crippen molar-refractivity contribution in [3.05, 3.63) is 78.6 Å². The number of rotatable bonds is 8. The molecule has 0 saturated carbocycles. The molecule has 4 rings (SSSR count). The molecule has 9 nitrogen and oxygen atoms in total. The Kier molecular flexibility index (Phi) is 6.70. The molecule has 168 valence electrons. The number of ether oxygens (including phenoxy) is 2. The van der Waals surface area contributed by atoms with Crippen molar-refractivity contribution in [3.63, 3.8) is 0 Å². The Balaban J connectivity index is 1.36. The van der Waals surface area contributed by atoms with Gasteiger partial charge in [0.1, 0.15) is 0 Å². The van der Waals surface area contributed by atoms with Crippen LogP contribution < -0.4 is 25.4 Å². The monoisotopic (exact) mass is 444 g/mol. The molecule has 0 aliphatic carbocycles. The van der Waals surface area contributed by atoms with Crippen LogP contribution in [0, 0.1) is 0 Å².